The average Bonchev–Trinajstić information content (AvgIpc) is 3.27. The van der Waals surface area contributed by atoms with Gasteiger partial charge in [0.05, 0.1) is 12.8 Å². The fraction of sp³-hybridized carbons (Fsp3) is 0.700. The van der Waals surface area contributed by atoms with Gasteiger partial charge in [-0.3, -0.25) is 4.79 Å². The highest BCUT2D eigenvalue weighted by Crippen LogP contribution is 2.27. The fourth-order valence-corrected chi connectivity index (χ4v) is 3.52. The summed E-state index contributed by atoms with van der Waals surface area (Å²) in [4.78, 5) is 16.9. The van der Waals surface area contributed by atoms with Crippen LogP contribution in [0.1, 0.15) is 58.1 Å². The normalized spacial score (nSPS) is 25.5. The van der Waals surface area contributed by atoms with Crippen LogP contribution in [0.4, 0.5) is 0 Å². The summed E-state index contributed by atoms with van der Waals surface area (Å²) in [6, 6.07) is 4.12. The summed E-state index contributed by atoms with van der Waals surface area (Å²) in [7, 11) is 0. The smallest absolute Gasteiger partial charge is 0.223 e. The van der Waals surface area contributed by atoms with Gasteiger partial charge in [0.25, 0.3) is 0 Å². The first kappa shape index (κ1) is 19.7. The molecule has 0 spiro atoms. The Bertz CT molecular complexity index is 638. The number of aliphatic hydroxyl groups is 1. The van der Waals surface area contributed by atoms with E-state index in [9.17, 15) is 9.90 Å². The molecule has 3 atom stereocenters. The highest BCUT2D eigenvalue weighted by molar-refractivity contribution is 5.81. The summed E-state index contributed by atoms with van der Waals surface area (Å²) in [5.74, 6) is 1.44. The monoisotopic (exact) mass is 376 g/mol. The summed E-state index contributed by atoms with van der Waals surface area (Å²) in [6.45, 7) is 4.62. The largest absolute Gasteiger partial charge is 0.466 e. The zero-order valence-corrected chi connectivity index (χ0v) is 16.3. The number of guanidine groups is 1. The maximum absolute atomic E-state index is 12.4. The van der Waals surface area contributed by atoms with Crippen LogP contribution in [0.2, 0.25) is 0 Å². The Morgan fingerprint density at radius 1 is 1.30 bits per heavy atom. The van der Waals surface area contributed by atoms with E-state index in [1.54, 1.807) is 25.3 Å². The van der Waals surface area contributed by atoms with Gasteiger partial charge in [-0.05, 0) is 58.1 Å². The Kier molecular flexibility index (Phi) is 6.42. The van der Waals surface area contributed by atoms with Crippen LogP contribution in [0.25, 0.3) is 0 Å². The molecule has 1 aromatic rings. The van der Waals surface area contributed by atoms with E-state index in [0.29, 0.717) is 17.8 Å². The van der Waals surface area contributed by atoms with Crippen molar-refractivity contribution in [1.82, 2.24) is 16.0 Å². The average molecular weight is 377 g/mol. The molecule has 2 aliphatic carbocycles. The third kappa shape index (κ3) is 5.73. The lowest BCUT2D eigenvalue weighted by Crippen LogP contribution is -2.47. The number of nitrogens with one attached hydrogen (secondary N) is 3. The van der Waals surface area contributed by atoms with Crippen molar-refractivity contribution in [2.75, 3.05) is 13.1 Å². The van der Waals surface area contributed by atoms with Crippen molar-refractivity contribution in [2.45, 2.75) is 70.1 Å². The number of hydrogen-bond acceptors (Lipinski definition) is 4. The Morgan fingerprint density at radius 3 is 2.78 bits per heavy atom. The van der Waals surface area contributed by atoms with Gasteiger partial charge in [-0.1, -0.05) is 6.42 Å². The van der Waals surface area contributed by atoms with Crippen molar-refractivity contribution in [2.24, 2.45) is 10.9 Å². The van der Waals surface area contributed by atoms with E-state index in [2.05, 4.69) is 20.9 Å². The Labute approximate surface area is 161 Å². The van der Waals surface area contributed by atoms with E-state index >= 15 is 0 Å². The van der Waals surface area contributed by atoms with Crippen LogP contribution in [-0.4, -0.2) is 42.1 Å². The van der Waals surface area contributed by atoms with E-state index in [-0.39, 0.29) is 24.4 Å². The number of furan rings is 1. The third-order valence-electron chi connectivity index (χ3n) is 5.25. The predicted octanol–water partition coefficient (Wildman–Crippen LogP) is 1.88. The molecule has 1 amide bonds. The zero-order chi connectivity index (χ0) is 19.3. The highest BCUT2D eigenvalue weighted by atomic mass is 16.4. The second-order valence-electron chi connectivity index (χ2n) is 7.93. The van der Waals surface area contributed by atoms with Crippen molar-refractivity contribution in [3.8, 4) is 0 Å². The van der Waals surface area contributed by atoms with E-state index in [0.717, 1.165) is 45.1 Å². The minimum absolute atomic E-state index is 0.0750. The van der Waals surface area contributed by atoms with Crippen LogP contribution < -0.4 is 16.0 Å². The third-order valence-corrected chi connectivity index (χ3v) is 5.25. The summed E-state index contributed by atoms with van der Waals surface area (Å²) in [5, 5.41) is 20.4. The molecule has 27 heavy (non-hydrogen) atoms. The van der Waals surface area contributed by atoms with Crippen molar-refractivity contribution in [1.29, 1.82) is 0 Å². The molecule has 7 nitrogen and oxygen atoms in total. The maximum atomic E-state index is 12.4. The van der Waals surface area contributed by atoms with Crippen molar-refractivity contribution in [3.63, 3.8) is 0 Å². The topological polar surface area (TPSA) is 98.9 Å². The van der Waals surface area contributed by atoms with Crippen LogP contribution >= 0.6 is 0 Å². The van der Waals surface area contributed by atoms with Gasteiger partial charge in [0.2, 0.25) is 5.91 Å². The lowest BCUT2D eigenvalue weighted by atomic mass is 9.85. The number of carbonyl (C=O) groups excluding carboxylic acids is 1. The van der Waals surface area contributed by atoms with Gasteiger partial charge in [-0.2, -0.15) is 0 Å². The van der Waals surface area contributed by atoms with Gasteiger partial charge in [0, 0.05) is 24.5 Å². The van der Waals surface area contributed by atoms with E-state index in [4.69, 9.17) is 4.42 Å². The van der Waals surface area contributed by atoms with Crippen molar-refractivity contribution < 1.29 is 14.3 Å². The molecule has 2 fully saturated rings. The number of nitrogens with zero attached hydrogens (tertiary/aromatic N) is 1. The molecule has 2 aliphatic rings. The summed E-state index contributed by atoms with van der Waals surface area (Å²) in [5.41, 5.74) is -1.16. The van der Waals surface area contributed by atoms with Gasteiger partial charge in [0.1, 0.15) is 11.4 Å². The minimum atomic E-state index is -1.16. The van der Waals surface area contributed by atoms with Crippen molar-refractivity contribution >= 4 is 11.9 Å². The molecule has 0 aromatic carbocycles. The van der Waals surface area contributed by atoms with Gasteiger partial charge in [-0.15, -0.1) is 0 Å². The lowest BCUT2D eigenvalue weighted by molar-refractivity contribution is -0.126. The summed E-state index contributed by atoms with van der Waals surface area (Å²) in [6.07, 6.45) is 7.61. The van der Waals surface area contributed by atoms with Crippen LogP contribution in [0, 0.1) is 5.92 Å². The van der Waals surface area contributed by atoms with E-state index < -0.39 is 5.60 Å². The molecule has 7 heteroatoms. The standard InChI is InChI=1S/C20H32N4O3/c1-3-21-19(22-13-20(2,26)17-8-5-11-27-17)24-16-7-4-6-14(12-16)18(25)23-15-9-10-15/h5,8,11,14-16,26H,3-4,6-7,9-10,12-13H2,1-2H3,(H,23,25)(H2,21,22,24). The Hall–Kier alpha value is -2.02. The van der Waals surface area contributed by atoms with E-state index in [1.165, 1.54) is 0 Å². The lowest BCUT2D eigenvalue weighted by Gasteiger charge is -2.30. The van der Waals surface area contributed by atoms with E-state index in [1.807, 2.05) is 6.92 Å². The molecule has 3 rings (SSSR count). The molecule has 3 unspecified atom stereocenters. The molecular formula is C20H32N4O3. The number of amides is 1. The number of rotatable bonds is 7. The minimum Gasteiger partial charge on any atom is -0.466 e. The molecule has 1 heterocycles. The molecule has 2 saturated carbocycles. The number of hydrogen-bond donors (Lipinski definition) is 4. The predicted molar refractivity (Wildman–Crippen MR) is 104 cm³/mol. The van der Waals surface area contributed by atoms with Crippen molar-refractivity contribution in [3.05, 3.63) is 24.2 Å². The SMILES string of the molecule is CCNC(=NCC(C)(O)c1ccco1)NC1CCCC(C(=O)NC2CC2)C1. The molecule has 0 radical (unpaired) electrons. The first-order valence-corrected chi connectivity index (χ1v) is 10.1. The molecule has 1 aromatic heterocycles. The number of carbonyl (C=O) groups is 1. The first-order valence-electron chi connectivity index (χ1n) is 10.1. The summed E-state index contributed by atoms with van der Waals surface area (Å²) < 4.78 is 5.31. The van der Waals surface area contributed by atoms with Gasteiger partial charge in [-0.25, -0.2) is 4.99 Å². The van der Waals surface area contributed by atoms with Crippen LogP contribution in [0.15, 0.2) is 27.8 Å². The van der Waals surface area contributed by atoms with Crippen LogP contribution in [0.3, 0.4) is 0 Å². The first-order chi connectivity index (χ1) is 13.0. The second kappa shape index (κ2) is 8.78. The van der Waals surface area contributed by atoms with Gasteiger partial charge < -0.3 is 25.5 Å². The molecule has 0 aliphatic heterocycles. The molecule has 0 bridgehead atoms. The molecule has 4 N–H and O–H groups in total. The summed E-state index contributed by atoms with van der Waals surface area (Å²) >= 11 is 0. The number of aliphatic imine (C=N–C) groups is 1. The van der Waals surface area contributed by atoms with Crippen LogP contribution in [0.5, 0.6) is 0 Å². The molecular weight excluding hydrogens is 344 g/mol. The Balaban J connectivity index is 1.56. The molecule has 0 saturated heterocycles. The van der Waals surface area contributed by atoms with Crippen LogP contribution in [-0.2, 0) is 10.4 Å². The van der Waals surface area contributed by atoms with Gasteiger partial charge >= 0.3 is 0 Å². The highest BCUT2D eigenvalue weighted by Gasteiger charge is 2.32. The fourth-order valence-electron chi connectivity index (χ4n) is 3.52. The molecule has 150 valence electrons. The second-order valence-corrected chi connectivity index (χ2v) is 7.93. The zero-order valence-electron chi connectivity index (χ0n) is 16.3. The quantitative estimate of drug-likeness (QED) is 0.430. The maximum Gasteiger partial charge on any atom is 0.223 e. The van der Waals surface area contributed by atoms with Gasteiger partial charge in [0.15, 0.2) is 5.96 Å². The Morgan fingerprint density at radius 2 is 2.11 bits per heavy atom.